The molecule has 0 saturated carbocycles. The van der Waals surface area contributed by atoms with Gasteiger partial charge in [0.05, 0.1) is 35.5 Å². The van der Waals surface area contributed by atoms with E-state index in [1.807, 2.05) is 0 Å². The average molecular weight is 349 g/mol. The second-order valence-corrected chi connectivity index (χ2v) is 6.84. The maximum absolute atomic E-state index is 11.9. The van der Waals surface area contributed by atoms with E-state index in [0.29, 0.717) is 23.5 Å². The summed E-state index contributed by atoms with van der Waals surface area (Å²) in [6.45, 7) is 3.58. The molecule has 0 aliphatic rings. The molecule has 0 unspecified atom stereocenters. The van der Waals surface area contributed by atoms with Gasteiger partial charge in [-0.1, -0.05) is 12.1 Å². The van der Waals surface area contributed by atoms with Crippen LogP contribution in [0.4, 0.5) is 17.2 Å². The predicted molar refractivity (Wildman–Crippen MR) is 93.0 cm³/mol. The molecule has 8 heteroatoms. The number of pyridine rings is 1. The molecular weight excluding hydrogens is 330 g/mol. The minimum Gasteiger partial charge on any atom is -0.462 e. The number of ether oxygens (including phenoxy) is 1. The lowest BCUT2D eigenvalue weighted by atomic mass is 10.1. The number of sulfonamides is 1. The number of hydrogen-bond acceptors (Lipinski definition) is 6. The van der Waals surface area contributed by atoms with Crippen LogP contribution in [0, 0.1) is 0 Å². The van der Waals surface area contributed by atoms with Crippen LogP contribution in [-0.4, -0.2) is 31.7 Å². The number of esters is 1. The Morgan fingerprint density at radius 3 is 2.54 bits per heavy atom. The van der Waals surface area contributed by atoms with Crippen LogP contribution in [-0.2, 0) is 14.8 Å². The summed E-state index contributed by atoms with van der Waals surface area (Å²) in [7, 11) is -3.36. The van der Waals surface area contributed by atoms with E-state index in [-0.39, 0.29) is 11.6 Å². The number of nitrogens with zero attached hydrogens (tertiary/aromatic N) is 1. The second-order valence-electron chi connectivity index (χ2n) is 4.83. The Morgan fingerprint density at radius 1 is 1.17 bits per heavy atom. The fourth-order valence-electron chi connectivity index (χ4n) is 1.89. The van der Waals surface area contributed by atoms with E-state index in [1.54, 1.807) is 50.2 Å². The average Bonchev–Trinajstić information content (AvgIpc) is 2.57. The number of aromatic nitrogens is 1. The van der Waals surface area contributed by atoms with Gasteiger partial charge in [-0.3, -0.25) is 4.72 Å². The third kappa shape index (κ3) is 4.69. The van der Waals surface area contributed by atoms with Gasteiger partial charge in [-0.25, -0.2) is 18.2 Å². The first-order chi connectivity index (χ1) is 11.4. The molecule has 0 spiro atoms. The summed E-state index contributed by atoms with van der Waals surface area (Å²) in [6.07, 6.45) is 1.48. The van der Waals surface area contributed by atoms with Crippen molar-refractivity contribution >= 4 is 33.2 Å². The highest BCUT2D eigenvalue weighted by molar-refractivity contribution is 7.92. The molecule has 2 rings (SSSR count). The number of anilines is 3. The van der Waals surface area contributed by atoms with Crippen molar-refractivity contribution in [2.24, 2.45) is 0 Å². The molecule has 1 aromatic carbocycles. The zero-order valence-electron chi connectivity index (χ0n) is 13.4. The van der Waals surface area contributed by atoms with Crippen molar-refractivity contribution in [1.82, 2.24) is 4.98 Å². The number of hydrogen-bond donors (Lipinski definition) is 2. The molecular formula is C16H19N3O4S. The smallest absolute Gasteiger partial charge is 0.340 e. The monoisotopic (exact) mass is 349 g/mol. The minimum absolute atomic E-state index is 0.0262. The summed E-state index contributed by atoms with van der Waals surface area (Å²) in [5, 5.41) is 3.08. The van der Waals surface area contributed by atoms with Crippen LogP contribution in [0.15, 0.2) is 42.6 Å². The van der Waals surface area contributed by atoms with Crippen molar-refractivity contribution in [3.05, 3.63) is 48.2 Å². The van der Waals surface area contributed by atoms with Gasteiger partial charge in [0.1, 0.15) is 5.82 Å². The summed E-state index contributed by atoms with van der Waals surface area (Å²) in [5.41, 5.74) is 1.61. The molecule has 1 heterocycles. The van der Waals surface area contributed by atoms with Crippen LogP contribution in [0.2, 0.25) is 0 Å². The standard InChI is InChI=1S/C16H19N3O4S/c1-3-23-16(20)13-7-5-6-8-14(13)18-12-9-10-15(17-11-12)19-24(21,22)4-2/h5-11,18H,3-4H2,1-2H3,(H,17,19). The van der Waals surface area contributed by atoms with Crippen molar-refractivity contribution < 1.29 is 17.9 Å². The lowest BCUT2D eigenvalue weighted by molar-refractivity contribution is 0.0527. The molecule has 0 bridgehead atoms. The van der Waals surface area contributed by atoms with E-state index in [1.165, 1.54) is 6.20 Å². The fraction of sp³-hybridized carbons (Fsp3) is 0.250. The number of nitrogens with one attached hydrogen (secondary N) is 2. The maximum atomic E-state index is 11.9. The Labute approximate surface area is 141 Å². The molecule has 2 N–H and O–H groups in total. The van der Waals surface area contributed by atoms with E-state index >= 15 is 0 Å². The molecule has 7 nitrogen and oxygen atoms in total. The van der Waals surface area contributed by atoms with Gasteiger partial charge in [-0.15, -0.1) is 0 Å². The van der Waals surface area contributed by atoms with E-state index in [0.717, 1.165) is 0 Å². The van der Waals surface area contributed by atoms with Crippen LogP contribution in [0.25, 0.3) is 0 Å². The fourth-order valence-corrected chi connectivity index (χ4v) is 2.48. The van der Waals surface area contributed by atoms with Gasteiger partial charge in [0.25, 0.3) is 0 Å². The van der Waals surface area contributed by atoms with Crippen LogP contribution >= 0.6 is 0 Å². The molecule has 1 aromatic heterocycles. The highest BCUT2D eigenvalue weighted by Gasteiger charge is 2.12. The molecule has 0 aliphatic heterocycles. The van der Waals surface area contributed by atoms with Gasteiger partial charge in [0.15, 0.2) is 0 Å². The first-order valence-electron chi connectivity index (χ1n) is 7.45. The zero-order valence-corrected chi connectivity index (χ0v) is 14.3. The Hall–Kier alpha value is -2.61. The third-order valence-electron chi connectivity index (χ3n) is 3.11. The first-order valence-corrected chi connectivity index (χ1v) is 9.10. The van der Waals surface area contributed by atoms with E-state index in [9.17, 15) is 13.2 Å². The summed E-state index contributed by atoms with van der Waals surface area (Å²) in [5.74, 6) is -0.205. The van der Waals surface area contributed by atoms with Crippen molar-refractivity contribution in [2.75, 3.05) is 22.4 Å². The maximum Gasteiger partial charge on any atom is 0.340 e. The number of benzene rings is 1. The lowest BCUT2D eigenvalue weighted by Crippen LogP contribution is -2.15. The first kappa shape index (κ1) is 17.7. The number of para-hydroxylation sites is 1. The molecule has 0 aliphatic carbocycles. The van der Waals surface area contributed by atoms with E-state index in [2.05, 4.69) is 15.0 Å². The normalized spacial score (nSPS) is 10.9. The van der Waals surface area contributed by atoms with Crippen LogP contribution in [0.3, 0.4) is 0 Å². The molecule has 0 amide bonds. The third-order valence-corrected chi connectivity index (χ3v) is 4.39. The number of carbonyl (C=O) groups excluding carboxylic acids is 1. The van der Waals surface area contributed by atoms with Gasteiger partial charge >= 0.3 is 5.97 Å². The highest BCUT2D eigenvalue weighted by atomic mass is 32.2. The molecule has 24 heavy (non-hydrogen) atoms. The van der Waals surface area contributed by atoms with Gasteiger partial charge in [-0.05, 0) is 38.1 Å². The lowest BCUT2D eigenvalue weighted by Gasteiger charge is -2.11. The van der Waals surface area contributed by atoms with Crippen LogP contribution in [0.1, 0.15) is 24.2 Å². The van der Waals surface area contributed by atoms with Crippen molar-refractivity contribution in [2.45, 2.75) is 13.8 Å². The Bertz CT molecular complexity index is 804. The van der Waals surface area contributed by atoms with E-state index in [4.69, 9.17) is 4.74 Å². The number of carbonyl (C=O) groups is 1. The van der Waals surface area contributed by atoms with Crippen LogP contribution < -0.4 is 10.0 Å². The summed E-state index contributed by atoms with van der Waals surface area (Å²) in [6, 6.07) is 10.2. The van der Waals surface area contributed by atoms with Crippen molar-refractivity contribution in [3.8, 4) is 0 Å². The Morgan fingerprint density at radius 2 is 1.92 bits per heavy atom. The van der Waals surface area contributed by atoms with Gasteiger partial charge in [0, 0.05) is 0 Å². The summed E-state index contributed by atoms with van der Waals surface area (Å²) >= 11 is 0. The SMILES string of the molecule is CCOC(=O)c1ccccc1Nc1ccc(NS(=O)(=O)CC)nc1. The largest absolute Gasteiger partial charge is 0.462 e. The summed E-state index contributed by atoms with van der Waals surface area (Å²) < 4.78 is 30.4. The van der Waals surface area contributed by atoms with Gasteiger partial charge < -0.3 is 10.1 Å². The number of rotatable bonds is 7. The molecule has 0 radical (unpaired) electrons. The van der Waals surface area contributed by atoms with E-state index < -0.39 is 16.0 Å². The molecule has 0 fully saturated rings. The van der Waals surface area contributed by atoms with Crippen molar-refractivity contribution in [3.63, 3.8) is 0 Å². The second kappa shape index (κ2) is 7.78. The van der Waals surface area contributed by atoms with Gasteiger partial charge in [-0.2, -0.15) is 0 Å². The summed E-state index contributed by atoms with van der Waals surface area (Å²) in [4.78, 5) is 16.0. The molecule has 0 saturated heterocycles. The zero-order chi connectivity index (χ0) is 17.6. The Kier molecular flexibility index (Phi) is 5.75. The van der Waals surface area contributed by atoms with Gasteiger partial charge in [0.2, 0.25) is 10.0 Å². The van der Waals surface area contributed by atoms with Crippen LogP contribution in [0.5, 0.6) is 0 Å². The molecule has 2 aromatic rings. The topological polar surface area (TPSA) is 97.4 Å². The predicted octanol–water partition coefficient (Wildman–Crippen LogP) is 2.76. The molecule has 0 atom stereocenters. The highest BCUT2D eigenvalue weighted by Crippen LogP contribution is 2.22. The van der Waals surface area contributed by atoms with Crippen molar-refractivity contribution in [1.29, 1.82) is 0 Å². The minimum atomic E-state index is -3.36. The molecule has 128 valence electrons. The quantitative estimate of drug-likeness (QED) is 0.746. The Balaban J connectivity index is 2.16.